The maximum atomic E-state index is 12.5. The van der Waals surface area contributed by atoms with Crippen molar-refractivity contribution in [3.63, 3.8) is 0 Å². The minimum absolute atomic E-state index is 0.0763. The molecular weight excluding hydrogens is 346 g/mol. The number of nitrogens with zero attached hydrogens (tertiary/aromatic N) is 1. The van der Waals surface area contributed by atoms with E-state index in [0.717, 1.165) is 35.8 Å². The molecule has 1 aliphatic rings. The SMILES string of the molecule is Cc1ccc(C(=O)Nc2ccc3c4c(c(=O)[nH]c3c2)CCC4)cc1[N+](=O)[O-]. The number of nitro benzene ring substituents is 1. The molecule has 136 valence electrons. The van der Waals surface area contributed by atoms with Crippen LogP contribution in [-0.2, 0) is 12.8 Å². The second-order valence-corrected chi connectivity index (χ2v) is 6.74. The molecule has 0 saturated carbocycles. The second kappa shape index (κ2) is 6.35. The van der Waals surface area contributed by atoms with Gasteiger partial charge in [-0.1, -0.05) is 12.1 Å². The molecule has 0 atom stereocenters. The van der Waals surface area contributed by atoms with Crippen LogP contribution in [-0.4, -0.2) is 15.8 Å². The highest BCUT2D eigenvalue weighted by atomic mass is 16.6. The van der Waals surface area contributed by atoms with E-state index in [4.69, 9.17) is 0 Å². The average molecular weight is 363 g/mol. The van der Waals surface area contributed by atoms with Gasteiger partial charge in [-0.2, -0.15) is 0 Å². The number of H-pyrrole nitrogens is 1. The lowest BCUT2D eigenvalue weighted by Crippen LogP contribution is -2.14. The summed E-state index contributed by atoms with van der Waals surface area (Å²) >= 11 is 0. The zero-order chi connectivity index (χ0) is 19.1. The van der Waals surface area contributed by atoms with Gasteiger partial charge in [0.25, 0.3) is 17.2 Å². The summed E-state index contributed by atoms with van der Waals surface area (Å²) in [6.45, 7) is 1.62. The normalized spacial score (nSPS) is 12.8. The molecule has 1 amide bonds. The number of benzene rings is 2. The van der Waals surface area contributed by atoms with Crippen molar-refractivity contribution in [3.8, 4) is 0 Å². The predicted molar refractivity (Wildman–Crippen MR) is 102 cm³/mol. The Hall–Kier alpha value is -3.48. The third-order valence-electron chi connectivity index (χ3n) is 5.01. The Labute approximate surface area is 154 Å². The lowest BCUT2D eigenvalue weighted by atomic mass is 10.0. The Morgan fingerprint density at radius 3 is 2.70 bits per heavy atom. The molecule has 7 heteroatoms. The fourth-order valence-electron chi connectivity index (χ4n) is 3.63. The molecule has 4 rings (SSSR count). The lowest BCUT2D eigenvalue weighted by molar-refractivity contribution is -0.385. The molecule has 0 unspecified atom stereocenters. The largest absolute Gasteiger partial charge is 0.322 e. The molecule has 0 saturated heterocycles. The summed E-state index contributed by atoms with van der Waals surface area (Å²) in [4.78, 5) is 38.1. The number of nitro groups is 1. The molecule has 2 aromatic carbocycles. The van der Waals surface area contributed by atoms with Crippen LogP contribution >= 0.6 is 0 Å². The first-order chi connectivity index (χ1) is 12.9. The summed E-state index contributed by atoms with van der Waals surface area (Å²) in [6, 6.07) is 9.75. The highest BCUT2D eigenvalue weighted by Crippen LogP contribution is 2.28. The van der Waals surface area contributed by atoms with E-state index in [0.29, 0.717) is 16.8 Å². The lowest BCUT2D eigenvalue weighted by Gasteiger charge is -2.09. The molecule has 0 aliphatic heterocycles. The van der Waals surface area contributed by atoms with Crippen LogP contribution in [0.3, 0.4) is 0 Å². The number of hydrogen-bond acceptors (Lipinski definition) is 4. The van der Waals surface area contributed by atoms with Crippen molar-refractivity contribution in [3.05, 3.63) is 79.1 Å². The number of fused-ring (bicyclic) bond motifs is 3. The first kappa shape index (κ1) is 17.0. The van der Waals surface area contributed by atoms with Crippen molar-refractivity contribution in [1.29, 1.82) is 0 Å². The Balaban J connectivity index is 1.67. The van der Waals surface area contributed by atoms with Crippen molar-refractivity contribution in [2.24, 2.45) is 0 Å². The Morgan fingerprint density at radius 2 is 1.93 bits per heavy atom. The van der Waals surface area contributed by atoms with Gasteiger partial charge in [-0.25, -0.2) is 0 Å². The molecule has 0 bridgehead atoms. The van der Waals surface area contributed by atoms with Crippen molar-refractivity contribution in [1.82, 2.24) is 4.98 Å². The molecule has 0 spiro atoms. The number of carbonyl (C=O) groups excluding carboxylic acids is 1. The Morgan fingerprint density at radius 1 is 1.15 bits per heavy atom. The first-order valence-electron chi connectivity index (χ1n) is 8.68. The van der Waals surface area contributed by atoms with Gasteiger partial charge in [0.2, 0.25) is 0 Å². The zero-order valence-electron chi connectivity index (χ0n) is 14.7. The van der Waals surface area contributed by atoms with Crippen molar-refractivity contribution in [2.45, 2.75) is 26.2 Å². The number of aromatic nitrogens is 1. The van der Waals surface area contributed by atoms with Crippen LogP contribution in [0.2, 0.25) is 0 Å². The minimum Gasteiger partial charge on any atom is -0.322 e. The third-order valence-corrected chi connectivity index (χ3v) is 5.01. The van der Waals surface area contributed by atoms with E-state index >= 15 is 0 Å². The number of anilines is 1. The van der Waals surface area contributed by atoms with Gasteiger partial charge in [-0.3, -0.25) is 19.7 Å². The highest BCUT2D eigenvalue weighted by Gasteiger charge is 2.19. The number of amides is 1. The van der Waals surface area contributed by atoms with E-state index in [1.54, 1.807) is 31.2 Å². The number of aryl methyl sites for hydroxylation is 2. The van der Waals surface area contributed by atoms with Crippen LogP contribution in [0.25, 0.3) is 10.9 Å². The van der Waals surface area contributed by atoms with Crippen LogP contribution in [0.1, 0.15) is 33.5 Å². The van der Waals surface area contributed by atoms with Gasteiger partial charge in [-0.15, -0.1) is 0 Å². The van der Waals surface area contributed by atoms with Gasteiger partial charge < -0.3 is 10.3 Å². The quantitative estimate of drug-likeness (QED) is 0.549. The van der Waals surface area contributed by atoms with Crippen LogP contribution < -0.4 is 10.9 Å². The van der Waals surface area contributed by atoms with E-state index in [-0.39, 0.29) is 16.8 Å². The molecule has 27 heavy (non-hydrogen) atoms. The third kappa shape index (κ3) is 2.97. The van der Waals surface area contributed by atoms with Crippen molar-refractivity contribution >= 4 is 28.2 Å². The van der Waals surface area contributed by atoms with Gasteiger partial charge >= 0.3 is 0 Å². The maximum Gasteiger partial charge on any atom is 0.273 e. The number of pyridine rings is 1. The molecule has 0 fully saturated rings. The summed E-state index contributed by atoms with van der Waals surface area (Å²) in [5.74, 6) is -0.444. The summed E-state index contributed by atoms with van der Waals surface area (Å²) in [6.07, 6.45) is 2.65. The van der Waals surface area contributed by atoms with E-state index in [2.05, 4.69) is 10.3 Å². The topological polar surface area (TPSA) is 105 Å². The van der Waals surface area contributed by atoms with Gasteiger partial charge in [0.15, 0.2) is 0 Å². The van der Waals surface area contributed by atoms with E-state index in [9.17, 15) is 19.7 Å². The smallest absolute Gasteiger partial charge is 0.273 e. The number of aromatic amines is 1. The van der Waals surface area contributed by atoms with Crippen LogP contribution in [0.5, 0.6) is 0 Å². The summed E-state index contributed by atoms with van der Waals surface area (Å²) in [5.41, 5.74) is 3.65. The summed E-state index contributed by atoms with van der Waals surface area (Å²) < 4.78 is 0. The highest BCUT2D eigenvalue weighted by molar-refractivity contribution is 6.05. The number of nitrogens with one attached hydrogen (secondary N) is 2. The monoisotopic (exact) mass is 363 g/mol. The van der Waals surface area contributed by atoms with Crippen LogP contribution in [0, 0.1) is 17.0 Å². The molecule has 1 aromatic heterocycles. The van der Waals surface area contributed by atoms with E-state index in [1.165, 1.54) is 6.07 Å². The number of hydrogen-bond donors (Lipinski definition) is 2. The number of carbonyl (C=O) groups is 1. The van der Waals surface area contributed by atoms with Gasteiger partial charge in [0.05, 0.1) is 10.4 Å². The zero-order valence-corrected chi connectivity index (χ0v) is 14.7. The summed E-state index contributed by atoms with van der Waals surface area (Å²) in [5, 5.41) is 14.8. The minimum atomic E-state index is -0.506. The molecule has 0 radical (unpaired) electrons. The number of rotatable bonds is 3. The first-order valence-corrected chi connectivity index (χ1v) is 8.68. The Kier molecular flexibility index (Phi) is 3.99. The van der Waals surface area contributed by atoms with E-state index in [1.807, 2.05) is 6.07 Å². The summed E-state index contributed by atoms with van der Waals surface area (Å²) in [7, 11) is 0. The molecule has 1 aliphatic carbocycles. The van der Waals surface area contributed by atoms with E-state index < -0.39 is 10.8 Å². The standard InChI is InChI=1S/C20H17N3O4/c1-11-5-6-12(9-18(11)23(26)27)19(24)21-13-7-8-15-14-3-2-4-16(14)20(25)22-17(15)10-13/h5-10H,2-4H2,1H3,(H,21,24)(H,22,25). The van der Waals surface area contributed by atoms with Gasteiger partial charge in [0.1, 0.15) is 0 Å². The van der Waals surface area contributed by atoms with Crippen molar-refractivity contribution < 1.29 is 9.72 Å². The maximum absolute atomic E-state index is 12.5. The molecular formula is C20H17N3O4. The van der Waals surface area contributed by atoms with Crippen LogP contribution in [0.4, 0.5) is 11.4 Å². The molecule has 3 aromatic rings. The van der Waals surface area contributed by atoms with Crippen molar-refractivity contribution in [2.75, 3.05) is 5.32 Å². The predicted octanol–water partition coefficient (Wildman–Crippen LogP) is 3.49. The molecule has 2 N–H and O–H groups in total. The van der Waals surface area contributed by atoms with Gasteiger partial charge in [-0.05, 0) is 49.9 Å². The second-order valence-electron chi connectivity index (χ2n) is 6.74. The van der Waals surface area contributed by atoms with Gasteiger partial charge in [0, 0.05) is 33.8 Å². The molecule has 7 nitrogen and oxygen atoms in total. The Bertz CT molecular complexity index is 1160. The van der Waals surface area contributed by atoms with Crippen LogP contribution in [0.15, 0.2) is 41.2 Å². The fourth-order valence-corrected chi connectivity index (χ4v) is 3.63. The molecule has 1 heterocycles. The fraction of sp³-hybridized carbons (Fsp3) is 0.200. The average Bonchev–Trinajstić information content (AvgIpc) is 3.12.